The summed E-state index contributed by atoms with van der Waals surface area (Å²) in [4.78, 5) is 25.0. The Kier molecular flexibility index (Phi) is 18.7. The Morgan fingerprint density at radius 3 is 2.25 bits per heavy atom. The first kappa shape index (κ1) is 48.5. The predicted molar refractivity (Wildman–Crippen MR) is 213 cm³/mol. The number of ether oxygens (including phenoxy) is 6. The quantitative estimate of drug-likeness (QED) is 0.178. The highest BCUT2D eigenvalue weighted by Crippen LogP contribution is 2.37. The lowest BCUT2D eigenvalue weighted by Gasteiger charge is -2.45. The molecule has 2 fully saturated rings. The van der Waals surface area contributed by atoms with Gasteiger partial charge in [-0.05, 0) is 52.5 Å². The summed E-state index contributed by atoms with van der Waals surface area (Å²) in [6.45, 7) is 18.6. The lowest BCUT2D eigenvalue weighted by Crippen LogP contribution is -2.54. The molecule has 14 heteroatoms. The topological polar surface area (TPSA) is 217 Å². The number of hydrogen-bond acceptors (Lipinski definition) is 13. The number of methoxy groups -OCH3 is 1. The maximum Gasteiger partial charge on any atom is 0.404 e. The molecule has 3 aliphatic heterocycles. The Morgan fingerprint density at radius 1 is 0.982 bits per heavy atom. The Labute approximate surface area is 339 Å². The standard InChI is InChI=1S/C43H71NO13/c1-12-30-37(47)23(4)16-21(2)14-13-15-31(45)40(56-42(50)35(52-11)18-22(3)17-24(5)38(30)48)27(8)39(49)26(7)34-20-33(25(6)28(9)53-34)55-36-19-32(46)41(29(10)54-36)57-43(44)51/h13-15,17-18,23-34,36-41,45-49H,12,16,19-20H2,1-11H3,(H2,44,51)/b15-13+,21-14+,22-17+,35-18-/t23-,24-,25-,26-,27+,28-,29+,30+,31+,32+,33-,34-,36-,37+,38-,39+,40-,41+/m1/s1. The van der Waals surface area contributed by atoms with Gasteiger partial charge in [-0.15, -0.1) is 0 Å². The summed E-state index contributed by atoms with van der Waals surface area (Å²) in [6, 6.07) is 0. The fourth-order valence-corrected chi connectivity index (χ4v) is 8.50. The van der Waals surface area contributed by atoms with Crippen molar-refractivity contribution in [2.45, 2.75) is 168 Å². The second kappa shape index (κ2) is 22.0. The molecule has 3 aliphatic rings. The zero-order chi connectivity index (χ0) is 42.9. The SMILES string of the molecule is CC[C@H]1[C@@H](O)[C@H](C)C/C(C)=C/C=C/[C@H](O)[C@@H]([C@@H](C)[C@@H](O)[C@H](C)[C@H]2C[C@@H](O[C@@H]3C[C@H](O)[C@@H](OC(N)=O)[C@H](C)O3)[C@H](C)[C@@H](C)O2)OC(=O)/C(OC)=C/C(C)=C/[C@@H](C)[C@H]1O. The van der Waals surface area contributed by atoms with Gasteiger partial charge in [-0.1, -0.05) is 77.0 Å². The average Bonchev–Trinajstić information content (AvgIpc) is 3.14. The van der Waals surface area contributed by atoms with Gasteiger partial charge in [0.25, 0.3) is 0 Å². The van der Waals surface area contributed by atoms with E-state index in [-0.39, 0.29) is 48.1 Å². The number of hydrogen-bond donors (Lipinski definition) is 6. The molecule has 0 aromatic carbocycles. The molecule has 1 amide bonds. The molecule has 14 nitrogen and oxygen atoms in total. The maximum atomic E-state index is 13.7. The molecule has 57 heavy (non-hydrogen) atoms. The number of esters is 1. The minimum Gasteiger partial charge on any atom is -0.490 e. The zero-order valence-electron chi connectivity index (χ0n) is 35.7. The first-order valence-electron chi connectivity index (χ1n) is 20.5. The Balaban J connectivity index is 1.88. The highest BCUT2D eigenvalue weighted by Gasteiger charge is 2.45. The number of primary amides is 1. The van der Waals surface area contributed by atoms with Crippen molar-refractivity contribution < 1.29 is 63.5 Å². The molecular formula is C43H71NO13. The van der Waals surface area contributed by atoms with E-state index in [1.54, 1.807) is 26.8 Å². The third-order valence-electron chi connectivity index (χ3n) is 12.3. The minimum absolute atomic E-state index is 0.0578. The van der Waals surface area contributed by atoms with Gasteiger partial charge in [0.05, 0.1) is 55.9 Å². The van der Waals surface area contributed by atoms with Gasteiger partial charge in [0.15, 0.2) is 12.4 Å². The van der Waals surface area contributed by atoms with Crippen LogP contribution in [-0.2, 0) is 33.2 Å². The van der Waals surface area contributed by atoms with Gasteiger partial charge in [-0.3, -0.25) is 0 Å². The molecule has 18 atom stereocenters. The third-order valence-corrected chi connectivity index (χ3v) is 12.3. The fraction of sp³-hybridized carbons (Fsp3) is 0.767. The number of cyclic esters (lactones) is 1. The predicted octanol–water partition coefficient (Wildman–Crippen LogP) is 4.45. The van der Waals surface area contributed by atoms with Crippen molar-refractivity contribution in [1.29, 1.82) is 0 Å². The summed E-state index contributed by atoms with van der Waals surface area (Å²) in [5, 5.41) is 56.7. The van der Waals surface area contributed by atoms with Crippen LogP contribution in [-0.4, -0.2) is 118 Å². The van der Waals surface area contributed by atoms with E-state index in [1.165, 1.54) is 19.3 Å². The number of nitrogens with two attached hydrogens (primary N) is 1. The van der Waals surface area contributed by atoms with Crippen molar-refractivity contribution in [2.75, 3.05) is 7.11 Å². The molecule has 0 bridgehead atoms. The molecule has 3 rings (SSSR count). The lowest BCUT2D eigenvalue weighted by atomic mass is 9.79. The van der Waals surface area contributed by atoms with Crippen molar-refractivity contribution in [2.24, 2.45) is 41.2 Å². The van der Waals surface area contributed by atoms with E-state index in [0.717, 1.165) is 5.57 Å². The van der Waals surface area contributed by atoms with E-state index in [1.807, 2.05) is 60.6 Å². The lowest BCUT2D eigenvalue weighted by molar-refractivity contribution is -0.281. The third kappa shape index (κ3) is 13.1. The number of aliphatic hydroxyl groups excluding tert-OH is 5. The van der Waals surface area contributed by atoms with Crippen LogP contribution in [0, 0.1) is 35.5 Å². The highest BCUT2D eigenvalue weighted by atomic mass is 16.7. The summed E-state index contributed by atoms with van der Waals surface area (Å²) in [6.07, 6.45) is -0.990. The molecule has 0 aliphatic carbocycles. The maximum absolute atomic E-state index is 13.7. The summed E-state index contributed by atoms with van der Waals surface area (Å²) in [5.74, 6) is -3.26. The van der Waals surface area contributed by atoms with Crippen LogP contribution < -0.4 is 5.73 Å². The van der Waals surface area contributed by atoms with Gasteiger partial charge >= 0.3 is 12.1 Å². The van der Waals surface area contributed by atoms with Crippen LogP contribution in [0.15, 0.2) is 47.3 Å². The molecule has 0 radical (unpaired) electrons. The van der Waals surface area contributed by atoms with Crippen molar-refractivity contribution in [3.05, 3.63) is 47.3 Å². The van der Waals surface area contributed by atoms with Gasteiger partial charge in [0, 0.05) is 42.4 Å². The Morgan fingerprint density at radius 2 is 1.65 bits per heavy atom. The van der Waals surface area contributed by atoms with Gasteiger partial charge in [0.2, 0.25) is 5.76 Å². The number of carbonyl (C=O) groups is 2. The van der Waals surface area contributed by atoms with Gasteiger partial charge in [-0.25, -0.2) is 9.59 Å². The van der Waals surface area contributed by atoms with Crippen molar-refractivity contribution in [3.8, 4) is 0 Å². The molecular weight excluding hydrogens is 738 g/mol. The molecule has 326 valence electrons. The van der Waals surface area contributed by atoms with Gasteiger partial charge in [0.1, 0.15) is 12.2 Å². The molecule has 0 aromatic rings. The van der Waals surface area contributed by atoms with Crippen molar-refractivity contribution in [1.82, 2.24) is 0 Å². The zero-order valence-corrected chi connectivity index (χ0v) is 35.7. The Hall–Kier alpha value is -2.82. The monoisotopic (exact) mass is 809 g/mol. The highest BCUT2D eigenvalue weighted by molar-refractivity contribution is 5.87. The summed E-state index contributed by atoms with van der Waals surface area (Å²) in [7, 11) is 1.34. The van der Waals surface area contributed by atoms with Crippen LogP contribution in [0.3, 0.4) is 0 Å². The van der Waals surface area contributed by atoms with E-state index < -0.39 is 85.1 Å². The first-order valence-corrected chi connectivity index (χ1v) is 20.5. The van der Waals surface area contributed by atoms with E-state index in [2.05, 4.69) is 0 Å². The van der Waals surface area contributed by atoms with Crippen LogP contribution in [0.4, 0.5) is 4.79 Å². The second-order valence-corrected chi connectivity index (χ2v) is 16.8. The van der Waals surface area contributed by atoms with Crippen molar-refractivity contribution >= 4 is 12.1 Å². The molecule has 0 aromatic heterocycles. The van der Waals surface area contributed by atoms with E-state index in [4.69, 9.17) is 34.2 Å². The largest absolute Gasteiger partial charge is 0.490 e. The summed E-state index contributed by atoms with van der Waals surface area (Å²) in [5.41, 5.74) is 6.74. The molecule has 0 saturated carbocycles. The van der Waals surface area contributed by atoms with E-state index >= 15 is 0 Å². The summed E-state index contributed by atoms with van der Waals surface area (Å²) < 4.78 is 35.2. The molecule has 3 heterocycles. The van der Waals surface area contributed by atoms with Crippen LogP contribution in [0.5, 0.6) is 0 Å². The number of amides is 1. The normalized spacial score (nSPS) is 42.8. The fourth-order valence-electron chi connectivity index (χ4n) is 8.50. The van der Waals surface area contributed by atoms with Crippen LogP contribution in [0.25, 0.3) is 0 Å². The van der Waals surface area contributed by atoms with Crippen LogP contribution in [0.1, 0.15) is 94.9 Å². The van der Waals surface area contributed by atoms with Crippen molar-refractivity contribution in [3.63, 3.8) is 0 Å². The van der Waals surface area contributed by atoms with E-state index in [0.29, 0.717) is 24.8 Å². The molecule has 2 saturated heterocycles. The van der Waals surface area contributed by atoms with Gasteiger partial charge in [-0.2, -0.15) is 0 Å². The minimum atomic E-state index is -1.33. The van der Waals surface area contributed by atoms with Crippen LogP contribution in [0.2, 0.25) is 0 Å². The smallest absolute Gasteiger partial charge is 0.404 e. The molecule has 0 unspecified atom stereocenters. The van der Waals surface area contributed by atoms with Gasteiger partial charge < -0.3 is 59.7 Å². The van der Waals surface area contributed by atoms with Crippen LogP contribution >= 0.6 is 0 Å². The Bertz CT molecular complexity index is 1420. The molecule has 0 spiro atoms. The molecule has 7 N–H and O–H groups in total. The number of allylic oxidation sites excluding steroid dienone is 5. The summed E-state index contributed by atoms with van der Waals surface area (Å²) >= 11 is 0. The number of aliphatic hydroxyl groups is 5. The average molecular weight is 810 g/mol. The second-order valence-electron chi connectivity index (χ2n) is 16.8. The number of rotatable bonds is 9. The number of carbonyl (C=O) groups excluding carboxylic acids is 2. The van der Waals surface area contributed by atoms with E-state index in [9.17, 15) is 35.1 Å². The first-order chi connectivity index (χ1) is 26.7.